The number of halogens is 2. The van der Waals surface area contributed by atoms with Gasteiger partial charge in [-0.2, -0.15) is 13.5 Å². The summed E-state index contributed by atoms with van der Waals surface area (Å²) in [7, 11) is -3.12. The van der Waals surface area contributed by atoms with E-state index >= 15 is 0 Å². The number of carbonyl (C=O) groups is 6. The number of nitrogens with zero attached hydrogens (tertiary/aromatic N) is 7. The van der Waals surface area contributed by atoms with Gasteiger partial charge in [0.1, 0.15) is 42.3 Å². The van der Waals surface area contributed by atoms with Crippen molar-refractivity contribution in [3.8, 4) is 45.3 Å². The normalized spacial score (nSPS) is 16.2. The predicted octanol–water partition coefficient (Wildman–Crippen LogP) is 2.71. The number of nitrogens with one attached hydrogen (secondary N) is 2. The van der Waals surface area contributed by atoms with E-state index in [9.17, 15) is 47.2 Å². The highest BCUT2D eigenvalue weighted by molar-refractivity contribution is 7.85. The summed E-state index contributed by atoms with van der Waals surface area (Å²) >= 11 is 13.0. The lowest BCUT2D eigenvalue weighted by atomic mass is 9.95. The monoisotopic (exact) mass is 1350 g/mol. The third kappa shape index (κ3) is 23.7. The highest BCUT2D eigenvalue weighted by atomic mass is 35.5. The number of aliphatic carboxylic acids is 2. The van der Waals surface area contributed by atoms with Gasteiger partial charge in [0.15, 0.2) is 5.69 Å². The van der Waals surface area contributed by atoms with E-state index in [1.54, 1.807) is 49.6 Å². The second-order valence-corrected chi connectivity index (χ2v) is 24.4. The van der Waals surface area contributed by atoms with Crippen LogP contribution in [0, 0.1) is 0 Å². The van der Waals surface area contributed by atoms with Crippen molar-refractivity contribution in [3.05, 3.63) is 75.9 Å². The summed E-state index contributed by atoms with van der Waals surface area (Å²) in [4.78, 5) is 81.3. The Hall–Kier alpha value is -6.78. The van der Waals surface area contributed by atoms with Crippen LogP contribution in [0.5, 0.6) is 17.2 Å². The van der Waals surface area contributed by atoms with Crippen LogP contribution in [0.25, 0.3) is 28.1 Å². The molecule has 3 aliphatic heterocycles. The van der Waals surface area contributed by atoms with Gasteiger partial charge in [0.25, 0.3) is 22.5 Å². The molecule has 3 aromatic carbocycles. The van der Waals surface area contributed by atoms with Gasteiger partial charge in [0.05, 0.1) is 110 Å². The van der Waals surface area contributed by atoms with E-state index in [1.165, 1.54) is 0 Å². The van der Waals surface area contributed by atoms with Crippen molar-refractivity contribution in [2.45, 2.75) is 39.0 Å². The number of hydrogen-bond acceptors (Lipinski definition) is 21. The molecule has 92 heavy (non-hydrogen) atoms. The molecule has 508 valence electrons. The van der Waals surface area contributed by atoms with Gasteiger partial charge >= 0.3 is 11.9 Å². The molecule has 2 fully saturated rings. The van der Waals surface area contributed by atoms with Crippen LogP contribution in [0.1, 0.15) is 36.8 Å². The Bertz CT molecular complexity index is 3200. The number of amides is 3. The fourth-order valence-electron chi connectivity index (χ4n) is 10.3. The zero-order chi connectivity index (χ0) is 66.8. The molecule has 0 bridgehead atoms. The number of fused-ring (bicyclic) bond motifs is 3. The Morgan fingerprint density at radius 1 is 0.750 bits per heavy atom. The summed E-state index contributed by atoms with van der Waals surface area (Å²) in [5, 5.41) is 36.5. The van der Waals surface area contributed by atoms with Gasteiger partial charge in [0, 0.05) is 98.2 Å². The minimum atomic E-state index is -4.70. The number of carbonyl (C=O) groups excluding carboxylic acids is 3. The Morgan fingerprint density at radius 2 is 1.30 bits per heavy atom. The lowest BCUT2D eigenvalue weighted by molar-refractivity contribution is -0.140. The number of aromatic nitrogens is 2. The molecule has 32 heteroatoms. The fraction of sp³-hybridized carbons (Fsp3) is 0.550. The third-order valence-corrected chi connectivity index (χ3v) is 16.1. The predicted molar refractivity (Wildman–Crippen MR) is 337 cm³/mol. The lowest BCUT2D eigenvalue weighted by Crippen LogP contribution is -2.55. The van der Waals surface area contributed by atoms with Gasteiger partial charge in [-0.25, -0.2) is 4.68 Å². The van der Waals surface area contributed by atoms with Crippen LogP contribution in [-0.2, 0) is 64.4 Å². The first-order valence-corrected chi connectivity index (χ1v) is 32.2. The van der Waals surface area contributed by atoms with E-state index in [4.69, 9.17) is 76.1 Å². The van der Waals surface area contributed by atoms with E-state index in [1.807, 2.05) is 57.2 Å². The van der Waals surface area contributed by atoms with Crippen LogP contribution in [0.4, 0.5) is 0 Å². The first-order chi connectivity index (χ1) is 44.0. The van der Waals surface area contributed by atoms with Crippen LogP contribution >= 0.6 is 23.2 Å². The first-order valence-electron chi connectivity index (χ1n) is 29.8. The number of ether oxygens (including phenoxy) is 8. The Labute approximate surface area is 544 Å². The summed E-state index contributed by atoms with van der Waals surface area (Å²) < 4.78 is 81.7. The Balaban J connectivity index is 0.00000439. The van der Waals surface area contributed by atoms with Crippen molar-refractivity contribution in [2.75, 3.05) is 177 Å². The molecular weight excluding hydrogens is 1270 g/mol. The number of rotatable bonds is 31. The molecule has 0 aliphatic carbocycles. The smallest absolute Gasteiger partial charge is 0.317 e. The quantitative estimate of drug-likeness (QED) is 0.0240. The van der Waals surface area contributed by atoms with Crippen LogP contribution in [0.15, 0.2) is 54.6 Å². The van der Waals surface area contributed by atoms with Crippen molar-refractivity contribution >= 4 is 69.5 Å². The average molecular weight is 1350 g/mol. The first kappa shape index (κ1) is 74.3. The van der Waals surface area contributed by atoms with E-state index in [0.29, 0.717) is 129 Å². The molecule has 1 atom stereocenters. The van der Waals surface area contributed by atoms with E-state index in [0.717, 1.165) is 11.1 Å². The molecule has 0 saturated carbocycles. The van der Waals surface area contributed by atoms with Gasteiger partial charge in [-0.3, -0.25) is 48.0 Å². The molecule has 0 radical (unpaired) electrons. The van der Waals surface area contributed by atoms with Crippen molar-refractivity contribution in [3.63, 3.8) is 0 Å². The molecule has 1 unspecified atom stereocenters. The van der Waals surface area contributed by atoms with Gasteiger partial charge in [-0.1, -0.05) is 42.3 Å². The largest absolute Gasteiger partial charge is 0.496 e. The van der Waals surface area contributed by atoms with Gasteiger partial charge in [-0.15, -0.1) is 0 Å². The summed E-state index contributed by atoms with van der Waals surface area (Å²) in [6.45, 7) is 11.8. The molecular formula is C60H83Cl2N9O20S. The maximum atomic E-state index is 14.4. The van der Waals surface area contributed by atoms with E-state index < -0.39 is 51.2 Å². The highest BCUT2D eigenvalue weighted by Crippen LogP contribution is 2.47. The number of morpholine rings is 1. The molecule has 3 amide bonds. The van der Waals surface area contributed by atoms with Crippen molar-refractivity contribution in [2.24, 2.45) is 0 Å². The second kappa shape index (κ2) is 37.2. The minimum absolute atomic E-state index is 0.0326. The standard InChI is InChI=1S/C59H81Cl2N9O18S.CH2O2/c1-5-65-10-12-66(14-15-68(37-54(74)75)17-16-67(13-11-65)36-53(72)73)35-52(71)63-49(39-89(78,79)80)57(76)62-9-19-82-21-22-83-23-24-84-25-26-85-27-28-87-45-8-6-7-41(29-45)46-33-47-51(34-50(46)81-4)88-38-48-55(58(77)69-18-20-86-40-59(69,2)3)64-70(56(47)48)44-31-42(60)30-43(61)32-44;2-1-3/h6-8,29-34,49H,5,9-28,35-40H2,1-4H3,(H,62,76)(H,63,71)(H,72,73)(H,74,75)(H,78,79,80);1H,(H,2,3). The molecule has 29 nitrogen and oxygen atoms in total. The zero-order valence-corrected chi connectivity index (χ0v) is 54.4. The third-order valence-electron chi connectivity index (χ3n) is 14.9. The molecule has 4 heterocycles. The molecule has 2 saturated heterocycles. The van der Waals surface area contributed by atoms with Gasteiger partial charge in [-0.05, 0) is 62.4 Å². The fourth-order valence-corrected chi connectivity index (χ4v) is 11.5. The molecule has 0 spiro atoms. The SMILES string of the molecule is CCN1CCN(CC(=O)O)CCN(CC(=O)O)CCN(CC(=O)NC(CS(=O)(=O)O)C(=O)NCCOCCOCCOCCOCCOc2cccc(-c3cc4c(cc3OC)OCc3c(C(=O)N5CCOCC5(C)C)nn(-c5cc(Cl)cc(Cl)c5)c3-4)c2)CC1.O=CO. The van der Waals surface area contributed by atoms with Gasteiger partial charge < -0.3 is 73.6 Å². The van der Waals surface area contributed by atoms with Crippen molar-refractivity contribution < 1.29 is 95.0 Å². The lowest BCUT2D eigenvalue weighted by Gasteiger charge is -2.41. The zero-order valence-electron chi connectivity index (χ0n) is 52.1. The summed E-state index contributed by atoms with van der Waals surface area (Å²) in [6.07, 6.45) is 0. The molecule has 4 aromatic rings. The Kier molecular flexibility index (Phi) is 30.0. The summed E-state index contributed by atoms with van der Waals surface area (Å²) in [5.41, 5.74) is 3.74. The summed E-state index contributed by atoms with van der Waals surface area (Å²) in [5.74, 6) is -3.22. The van der Waals surface area contributed by atoms with Gasteiger partial charge in [0.2, 0.25) is 11.8 Å². The number of methoxy groups -OCH3 is 1. The minimum Gasteiger partial charge on any atom is -0.496 e. The number of likely N-dealkylation sites (N-methyl/N-ethyl adjacent to an activating group) is 1. The second-order valence-electron chi connectivity index (χ2n) is 22.0. The van der Waals surface area contributed by atoms with E-state index in [2.05, 4.69) is 15.5 Å². The average Bonchev–Trinajstić information content (AvgIpc) is 1.54. The molecule has 3 aliphatic rings. The van der Waals surface area contributed by atoms with Crippen LogP contribution in [0.3, 0.4) is 0 Å². The molecule has 6 N–H and O–H groups in total. The van der Waals surface area contributed by atoms with Crippen LogP contribution < -0.4 is 24.8 Å². The number of benzene rings is 3. The Morgan fingerprint density at radius 3 is 1.85 bits per heavy atom. The number of carboxylic acids is 2. The van der Waals surface area contributed by atoms with Crippen LogP contribution in [0.2, 0.25) is 10.0 Å². The number of carboxylic acid groups (broad SMARTS) is 3. The summed E-state index contributed by atoms with van der Waals surface area (Å²) in [6, 6.07) is 14.8. The van der Waals surface area contributed by atoms with E-state index in [-0.39, 0.29) is 110 Å². The maximum Gasteiger partial charge on any atom is 0.317 e. The topological polar surface area (TPSA) is 349 Å². The highest BCUT2D eigenvalue weighted by Gasteiger charge is 2.40. The van der Waals surface area contributed by atoms with Crippen LogP contribution in [-0.4, -0.2) is 287 Å². The van der Waals surface area contributed by atoms with Crippen molar-refractivity contribution in [1.29, 1.82) is 0 Å². The number of hydrogen-bond donors (Lipinski definition) is 6. The van der Waals surface area contributed by atoms with Crippen molar-refractivity contribution in [1.82, 2.24) is 44.9 Å². The molecule has 1 aromatic heterocycles. The maximum absolute atomic E-state index is 14.4. The molecule has 7 rings (SSSR count).